The number of hydrogen-bond donors (Lipinski definition) is 2. The molecule has 2 rings (SSSR count). The zero-order valence-electron chi connectivity index (χ0n) is 17.4. The second kappa shape index (κ2) is 10.2. The highest BCUT2D eigenvalue weighted by Gasteiger charge is 2.10. The van der Waals surface area contributed by atoms with Crippen molar-refractivity contribution in [2.24, 2.45) is 0 Å². The summed E-state index contributed by atoms with van der Waals surface area (Å²) in [4.78, 5) is 14.4. The van der Waals surface area contributed by atoms with Crippen LogP contribution in [0.4, 0.5) is 21.9 Å². The van der Waals surface area contributed by atoms with Gasteiger partial charge in [-0.3, -0.25) is 10.0 Å². The van der Waals surface area contributed by atoms with Crippen molar-refractivity contribution < 1.29 is 17.9 Å². The van der Waals surface area contributed by atoms with E-state index in [1.807, 2.05) is 25.1 Å². The molecule has 0 aliphatic rings. The molecule has 0 atom stereocenters. The summed E-state index contributed by atoms with van der Waals surface area (Å²) in [7, 11) is -3.31. The van der Waals surface area contributed by atoms with Gasteiger partial charge in [0.25, 0.3) is 0 Å². The summed E-state index contributed by atoms with van der Waals surface area (Å²) in [6, 6.07) is 12.6. The molecule has 29 heavy (non-hydrogen) atoms. The molecule has 7 nitrogen and oxygen atoms in total. The first kappa shape index (κ1) is 22.5. The van der Waals surface area contributed by atoms with Gasteiger partial charge in [-0.05, 0) is 69.2 Å². The van der Waals surface area contributed by atoms with Crippen LogP contribution >= 0.6 is 0 Å². The van der Waals surface area contributed by atoms with Crippen LogP contribution in [0.2, 0.25) is 0 Å². The second-order valence-electron chi connectivity index (χ2n) is 6.58. The summed E-state index contributed by atoms with van der Waals surface area (Å²) >= 11 is 0. The molecule has 0 unspecified atom stereocenters. The van der Waals surface area contributed by atoms with Crippen molar-refractivity contribution in [2.45, 2.75) is 34.3 Å². The fourth-order valence-electron chi connectivity index (χ4n) is 2.79. The normalized spacial score (nSPS) is 11.0. The average molecular weight is 420 g/mol. The number of rotatable bonds is 9. The van der Waals surface area contributed by atoms with Gasteiger partial charge in [0, 0.05) is 30.2 Å². The van der Waals surface area contributed by atoms with Gasteiger partial charge in [-0.25, -0.2) is 13.2 Å². The summed E-state index contributed by atoms with van der Waals surface area (Å²) in [5, 5.41) is 2.76. The molecule has 0 saturated heterocycles. The maximum Gasteiger partial charge on any atom is 0.411 e. The number of hydrogen-bond acceptors (Lipinski definition) is 5. The maximum absolute atomic E-state index is 12.1. The summed E-state index contributed by atoms with van der Waals surface area (Å²) in [6.45, 7) is 9.65. The zero-order valence-corrected chi connectivity index (χ0v) is 18.2. The van der Waals surface area contributed by atoms with E-state index in [0.717, 1.165) is 29.9 Å². The SMILES string of the molecule is CCN(CC)c1ccc(NC(=O)OCc2ccc(NS(=O)(=O)CC)cc2)c(C)c1. The summed E-state index contributed by atoms with van der Waals surface area (Å²) in [5.74, 6) is 0.00729. The number of amides is 1. The van der Waals surface area contributed by atoms with E-state index in [9.17, 15) is 13.2 Å². The van der Waals surface area contributed by atoms with Crippen LogP contribution in [0, 0.1) is 6.92 Å². The van der Waals surface area contributed by atoms with Crippen molar-refractivity contribution in [1.82, 2.24) is 0 Å². The van der Waals surface area contributed by atoms with Crippen molar-refractivity contribution in [3.05, 3.63) is 53.6 Å². The first-order chi connectivity index (χ1) is 13.8. The van der Waals surface area contributed by atoms with E-state index in [0.29, 0.717) is 11.4 Å². The van der Waals surface area contributed by atoms with E-state index in [1.165, 1.54) is 0 Å². The summed E-state index contributed by atoms with van der Waals surface area (Å²) in [5.41, 5.74) is 4.01. The minimum Gasteiger partial charge on any atom is -0.444 e. The number of nitrogens with zero attached hydrogens (tertiary/aromatic N) is 1. The molecule has 158 valence electrons. The highest BCUT2D eigenvalue weighted by atomic mass is 32.2. The minimum absolute atomic E-state index is 0.00729. The summed E-state index contributed by atoms with van der Waals surface area (Å²) < 4.78 is 30.9. The summed E-state index contributed by atoms with van der Waals surface area (Å²) in [6.07, 6.45) is -0.542. The smallest absolute Gasteiger partial charge is 0.411 e. The standard InChI is InChI=1S/C21H29N3O4S/c1-5-24(6-2)19-12-13-20(16(4)14-19)22-21(25)28-15-17-8-10-18(11-9-17)23-29(26,27)7-3/h8-14,23H,5-7,15H2,1-4H3,(H,22,25). The molecule has 8 heteroatoms. The Morgan fingerprint density at radius 3 is 2.24 bits per heavy atom. The molecule has 0 spiro atoms. The monoisotopic (exact) mass is 419 g/mol. The molecule has 0 aromatic heterocycles. The van der Waals surface area contributed by atoms with E-state index < -0.39 is 16.1 Å². The highest BCUT2D eigenvalue weighted by molar-refractivity contribution is 7.92. The molecule has 2 aromatic carbocycles. The number of aryl methyl sites for hydroxylation is 1. The number of carbonyl (C=O) groups excluding carboxylic acids is 1. The van der Waals surface area contributed by atoms with Gasteiger partial charge < -0.3 is 9.64 Å². The predicted octanol–water partition coefficient (Wildman–Crippen LogP) is 4.35. The number of ether oxygens (including phenoxy) is 1. The largest absolute Gasteiger partial charge is 0.444 e. The Bertz CT molecular complexity index is 923. The Morgan fingerprint density at radius 1 is 1.03 bits per heavy atom. The fourth-order valence-corrected chi connectivity index (χ4v) is 3.43. The lowest BCUT2D eigenvalue weighted by molar-refractivity contribution is 0.155. The molecule has 0 saturated carbocycles. The van der Waals surface area contributed by atoms with E-state index >= 15 is 0 Å². The Balaban J connectivity index is 1.91. The molecule has 2 N–H and O–H groups in total. The first-order valence-corrected chi connectivity index (χ1v) is 11.3. The van der Waals surface area contributed by atoms with Gasteiger partial charge in [0.1, 0.15) is 6.61 Å². The number of anilines is 3. The minimum atomic E-state index is -3.31. The third-order valence-electron chi connectivity index (χ3n) is 4.55. The van der Waals surface area contributed by atoms with Crippen LogP contribution in [0.1, 0.15) is 31.9 Å². The van der Waals surface area contributed by atoms with E-state index in [4.69, 9.17) is 4.74 Å². The van der Waals surface area contributed by atoms with Gasteiger partial charge in [0.05, 0.1) is 5.75 Å². The molecule has 1 amide bonds. The van der Waals surface area contributed by atoms with Crippen LogP contribution in [0.5, 0.6) is 0 Å². The van der Waals surface area contributed by atoms with Crippen molar-refractivity contribution in [3.63, 3.8) is 0 Å². The Labute approximate surface area is 173 Å². The number of sulfonamides is 1. The Hall–Kier alpha value is -2.74. The van der Waals surface area contributed by atoms with Crippen LogP contribution in [0.15, 0.2) is 42.5 Å². The van der Waals surface area contributed by atoms with E-state index in [1.54, 1.807) is 31.2 Å². The van der Waals surface area contributed by atoms with Crippen LogP contribution in [-0.4, -0.2) is 33.4 Å². The van der Waals surface area contributed by atoms with Gasteiger partial charge in [-0.2, -0.15) is 0 Å². The van der Waals surface area contributed by atoms with Gasteiger partial charge in [0.2, 0.25) is 10.0 Å². The molecule has 0 radical (unpaired) electrons. The molecular weight excluding hydrogens is 390 g/mol. The number of carbonyl (C=O) groups is 1. The number of benzene rings is 2. The molecule has 0 heterocycles. The van der Waals surface area contributed by atoms with Crippen LogP contribution in [0.3, 0.4) is 0 Å². The molecule has 2 aromatic rings. The lowest BCUT2D eigenvalue weighted by atomic mass is 10.1. The van der Waals surface area contributed by atoms with Crippen LogP contribution in [-0.2, 0) is 21.4 Å². The van der Waals surface area contributed by atoms with Gasteiger partial charge in [0.15, 0.2) is 0 Å². The van der Waals surface area contributed by atoms with Crippen molar-refractivity contribution in [2.75, 3.05) is 33.8 Å². The Kier molecular flexibility index (Phi) is 7.90. The Morgan fingerprint density at radius 2 is 1.69 bits per heavy atom. The van der Waals surface area contributed by atoms with Crippen molar-refractivity contribution >= 4 is 33.2 Å². The maximum atomic E-state index is 12.1. The van der Waals surface area contributed by atoms with Gasteiger partial charge in [-0.1, -0.05) is 12.1 Å². The molecular formula is C21H29N3O4S. The van der Waals surface area contributed by atoms with Gasteiger partial charge in [-0.15, -0.1) is 0 Å². The topological polar surface area (TPSA) is 87.7 Å². The third kappa shape index (κ3) is 6.67. The van der Waals surface area contributed by atoms with E-state index in [-0.39, 0.29) is 12.4 Å². The zero-order chi connectivity index (χ0) is 21.4. The first-order valence-electron chi connectivity index (χ1n) is 9.66. The van der Waals surface area contributed by atoms with Crippen LogP contribution in [0.25, 0.3) is 0 Å². The van der Waals surface area contributed by atoms with Crippen LogP contribution < -0.4 is 14.9 Å². The van der Waals surface area contributed by atoms with Crippen molar-refractivity contribution in [1.29, 1.82) is 0 Å². The second-order valence-corrected chi connectivity index (χ2v) is 8.59. The van der Waals surface area contributed by atoms with Crippen molar-refractivity contribution in [3.8, 4) is 0 Å². The molecule has 0 fully saturated rings. The van der Waals surface area contributed by atoms with E-state index in [2.05, 4.69) is 28.8 Å². The quantitative estimate of drug-likeness (QED) is 0.631. The predicted molar refractivity (Wildman–Crippen MR) is 118 cm³/mol. The van der Waals surface area contributed by atoms with Gasteiger partial charge >= 0.3 is 6.09 Å². The molecule has 0 aliphatic carbocycles. The molecule has 0 aliphatic heterocycles. The average Bonchev–Trinajstić information content (AvgIpc) is 2.70. The molecule has 0 bridgehead atoms. The highest BCUT2D eigenvalue weighted by Crippen LogP contribution is 2.23. The third-order valence-corrected chi connectivity index (χ3v) is 5.86. The number of nitrogens with one attached hydrogen (secondary N) is 2. The lowest BCUT2D eigenvalue weighted by Gasteiger charge is -2.22. The fraction of sp³-hybridized carbons (Fsp3) is 0.381. The lowest BCUT2D eigenvalue weighted by Crippen LogP contribution is -2.22.